The van der Waals surface area contributed by atoms with Gasteiger partial charge in [-0.1, -0.05) is 13.3 Å². The van der Waals surface area contributed by atoms with Gasteiger partial charge in [-0.05, 0) is 26.8 Å². The average molecular weight is 175 g/mol. The van der Waals surface area contributed by atoms with Gasteiger partial charge in [-0.15, -0.1) is 0 Å². The zero-order valence-electron chi connectivity index (χ0n) is 8.24. The zero-order chi connectivity index (χ0) is 8.74. The summed E-state index contributed by atoms with van der Waals surface area (Å²) in [4.78, 5) is 0. The Labute approximate surface area is 73.3 Å². The normalized spacial score (nSPS) is 12.3. The van der Waals surface area contributed by atoms with Crippen molar-refractivity contribution in [3.05, 3.63) is 0 Å². The van der Waals surface area contributed by atoms with E-state index in [-0.39, 0.29) is 5.60 Å². The molecule has 2 nitrogen and oxygen atoms in total. The Morgan fingerprint density at radius 3 is 2.55 bits per heavy atom. The highest BCUT2D eigenvalue weighted by Crippen LogP contribution is 2.03. The van der Waals surface area contributed by atoms with Crippen LogP contribution < -0.4 is 5.32 Å². The molecule has 0 bridgehead atoms. The number of nitrogens with one attached hydrogen (secondary N) is 1. The number of hydrogen-bond donors (Lipinski definition) is 1. The van der Waals surface area contributed by atoms with Gasteiger partial charge in [0, 0.05) is 6.54 Å². The van der Waals surface area contributed by atoms with Gasteiger partial charge in [-0.2, -0.15) is 0 Å². The van der Waals surface area contributed by atoms with Crippen LogP contribution in [0.1, 0.15) is 33.6 Å². The molecule has 1 N–H and O–H groups in total. The number of rotatable bonds is 6. The van der Waals surface area contributed by atoms with Crippen LogP contribution in [0.5, 0.6) is 0 Å². The van der Waals surface area contributed by atoms with E-state index in [0.29, 0.717) is 0 Å². The first-order chi connectivity index (χ1) is 5.12. The minimum atomic E-state index is 0.0416. The van der Waals surface area contributed by atoms with Crippen LogP contribution in [0.15, 0.2) is 0 Å². The number of unbranched alkanes of at least 4 members (excludes halogenated alkanes) is 1. The van der Waals surface area contributed by atoms with Gasteiger partial charge < -0.3 is 9.74 Å². The summed E-state index contributed by atoms with van der Waals surface area (Å²) >= 11 is 0. The lowest BCUT2D eigenvalue weighted by atomic mass is 10.1. The molecule has 0 radical (unpaired) electrons. The highest BCUT2D eigenvalue weighted by Gasteiger charge is 2.13. The maximum Gasteiger partial charge on any atom is 0.146 e. The van der Waals surface area contributed by atoms with Crippen molar-refractivity contribution >= 4 is 10.5 Å². The van der Waals surface area contributed by atoms with Gasteiger partial charge in [0.25, 0.3) is 0 Å². The molecular weight excluding hydrogens is 154 g/mol. The summed E-state index contributed by atoms with van der Waals surface area (Å²) in [7, 11) is 0.827. The van der Waals surface area contributed by atoms with E-state index in [0.717, 1.165) is 23.6 Å². The van der Waals surface area contributed by atoms with Gasteiger partial charge >= 0.3 is 0 Å². The Kier molecular flexibility index (Phi) is 5.82. The molecule has 0 unspecified atom stereocenters. The standard InChI is InChI=1S/C8H21NOSi/c1-4-5-6-9-7-8(2,3)10-11/h9H,4-7H2,1-3,11H3. The van der Waals surface area contributed by atoms with Crippen LogP contribution in [0, 0.1) is 0 Å². The largest absolute Gasteiger partial charge is 0.422 e. The quantitative estimate of drug-likeness (QED) is 0.467. The van der Waals surface area contributed by atoms with Crippen LogP contribution in [-0.2, 0) is 4.43 Å². The van der Waals surface area contributed by atoms with Crippen molar-refractivity contribution in [3.63, 3.8) is 0 Å². The fourth-order valence-corrected chi connectivity index (χ4v) is 0.908. The van der Waals surface area contributed by atoms with Gasteiger partial charge in [0.05, 0.1) is 5.60 Å². The molecule has 0 heterocycles. The summed E-state index contributed by atoms with van der Waals surface area (Å²) in [5, 5.41) is 3.37. The molecule has 0 rings (SSSR count). The lowest BCUT2D eigenvalue weighted by Gasteiger charge is -2.23. The van der Waals surface area contributed by atoms with Gasteiger partial charge in [0.2, 0.25) is 0 Å². The smallest absolute Gasteiger partial charge is 0.146 e. The van der Waals surface area contributed by atoms with E-state index in [1.54, 1.807) is 0 Å². The minimum absolute atomic E-state index is 0.0416. The molecule has 68 valence electrons. The first kappa shape index (κ1) is 11.1. The van der Waals surface area contributed by atoms with Crippen LogP contribution in [-0.4, -0.2) is 29.2 Å². The molecule has 0 spiro atoms. The van der Waals surface area contributed by atoms with E-state index in [2.05, 4.69) is 26.1 Å². The van der Waals surface area contributed by atoms with Crippen molar-refractivity contribution in [2.45, 2.75) is 39.2 Å². The first-order valence-corrected chi connectivity index (χ1v) is 5.20. The van der Waals surface area contributed by atoms with E-state index in [4.69, 9.17) is 4.43 Å². The number of hydrogen-bond acceptors (Lipinski definition) is 2. The van der Waals surface area contributed by atoms with Crippen molar-refractivity contribution < 1.29 is 4.43 Å². The van der Waals surface area contributed by atoms with E-state index in [1.807, 2.05) is 0 Å². The van der Waals surface area contributed by atoms with Crippen LogP contribution in [0.2, 0.25) is 0 Å². The third kappa shape index (κ3) is 6.53. The summed E-state index contributed by atoms with van der Waals surface area (Å²) in [6, 6.07) is 0. The molecule has 11 heavy (non-hydrogen) atoms. The highest BCUT2D eigenvalue weighted by molar-refractivity contribution is 5.98. The van der Waals surface area contributed by atoms with E-state index >= 15 is 0 Å². The molecular formula is C8H21NOSi. The summed E-state index contributed by atoms with van der Waals surface area (Å²) in [5.74, 6) is 0. The Morgan fingerprint density at radius 1 is 1.45 bits per heavy atom. The van der Waals surface area contributed by atoms with Crippen molar-refractivity contribution in [1.29, 1.82) is 0 Å². The molecule has 0 fully saturated rings. The molecule has 0 aromatic rings. The van der Waals surface area contributed by atoms with Crippen molar-refractivity contribution in [3.8, 4) is 0 Å². The maximum absolute atomic E-state index is 5.39. The second-order valence-corrected chi connectivity index (χ2v) is 3.90. The van der Waals surface area contributed by atoms with Crippen LogP contribution >= 0.6 is 0 Å². The predicted molar refractivity (Wildman–Crippen MR) is 52.9 cm³/mol. The third-order valence-corrected chi connectivity index (χ3v) is 2.92. The fourth-order valence-electron chi connectivity index (χ4n) is 0.763. The lowest BCUT2D eigenvalue weighted by molar-refractivity contribution is 0.122. The van der Waals surface area contributed by atoms with Crippen LogP contribution in [0.4, 0.5) is 0 Å². The van der Waals surface area contributed by atoms with E-state index in [1.165, 1.54) is 12.8 Å². The zero-order valence-corrected chi connectivity index (χ0v) is 10.2. The molecule has 0 aliphatic rings. The molecule has 0 saturated heterocycles. The molecule has 0 aliphatic heterocycles. The molecule has 0 aromatic carbocycles. The van der Waals surface area contributed by atoms with Gasteiger partial charge in [0.1, 0.15) is 10.5 Å². The Hall–Kier alpha value is 0.137. The fraction of sp³-hybridized carbons (Fsp3) is 1.00. The summed E-state index contributed by atoms with van der Waals surface area (Å²) in [6.45, 7) is 8.54. The van der Waals surface area contributed by atoms with Gasteiger partial charge in [-0.25, -0.2) is 0 Å². The molecule has 0 aromatic heterocycles. The monoisotopic (exact) mass is 175 g/mol. The Bertz CT molecular complexity index is 96.1. The minimum Gasteiger partial charge on any atom is -0.422 e. The summed E-state index contributed by atoms with van der Waals surface area (Å²) in [5.41, 5.74) is 0.0416. The van der Waals surface area contributed by atoms with Crippen molar-refractivity contribution in [2.24, 2.45) is 0 Å². The third-order valence-electron chi connectivity index (χ3n) is 1.81. The maximum atomic E-state index is 5.39. The molecule has 0 atom stereocenters. The molecule has 3 heteroatoms. The molecule has 0 aliphatic carbocycles. The van der Waals surface area contributed by atoms with Gasteiger partial charge in [0.15, 0.2) is 0 Å². The highest BCUT2D eigenvalue weighted by atomic mass is 28.2. The van der Waals surface area contributed by atoms with Crippen molar-refractivity contribution in [1.82, 2.24) is 5.32 Å². The van der Waals surface area contributed by atoms with Crippen molar-refractivity contribution in [2.75, 3.05) is 13.1 Å². The Balaban J connectivity index is 3.23. The van der Waals surface area contributed by atoms with E-state index < -0.39 is 0 Å². The SMILES string of the molecule is CCCCNCC(C)(C)O[SiH3]. The molecule has 0 amide bonds. The summed E-state index contributed by atoms with van der Waals surface area (Å²) in [6.07, 6.45) is 2.52. The summed E-state index contributed by atoms with van der Waals surface area (Å²) < 4.78 is 5.39. The van der Waals surface area contributed by atoms with E-state index in [9.17, 15) is 0 Å². The second kappa shape index (κ2) is 5.74. The average Bonchev–Trinajstić information content (AvgIpc) is 1.99. The lowest BCUT2D eigenvalue weighted by Crippen LogP contribution is -2.37. The van der Waals surface area contributed by atoms with Crippen LogP contribution in [0.3, 0.4) is 0 Å². The Morgan fingerprint density at radius 2 is 2.09 bits per heavy atom. The topological polar surface area (TPSA) is 21.3 Å². The second-order valence-electron chi connectivity index (χ2n) is 3.49. The van der Waals surface area contributed by atoms with Gasteiger partial charge in [-0.3, -0.25) is 0 Å². The first-order valence-electron chi connectivity index (χ1n) is 4.38. The predicted octanol–water partition coefficient (Wildman–Crippen LogP) is 0.452. The van der Waals surface area contributed by atoms with Crippen LogP contribution in [0.25, 0.3) is 0 Å². The molecule has 0 saturated carbocycles.